The van der Waals surface area contributed by atoms with Gasteiger partial charge < -0.3 is 10.6 Å². The van der Waals surface area contributed by atoms with Gasteiger partial charge in [0.1, 0.15) is 0 Å². The van der Waals surface area contributed by atoms with Crippen molar-refractivity contribution in [2.24, 2.45) is 11.8 Å². The zero-order valence-electron chi connectivity index (χ0n) is 14.5. The Bertz CT molecular complexity index is 674. The number of halogens is 2. The molecule has 1 amide bonds. The summed E-state index contributed by atoms with van der Waals surface area (Å²) in [6.45, 7) is 6.70. The van der Waals surface area contributed by atoms with Crippen molar-refractivity contribution in [3.8, 4) is 11.3 Å². The smallest absolute Gasteiger partial charge is 0.223 e. The Balaban J connectivity index is 0.00000156. The number of aryl methyl sites for hydroxylation is 1. The van der Waals surface area contributed by atoms with Crippen LogP contribution in [0.15, 0.2) is 30.3 Å². The van der Waals surface area contributed by atoms with Crippen LogP contribution in [0.2, 0.25) is 0 Å². The standard InChI is InChI=1S/C18H23N3OS.2ClH/c1-12(15-10-19-11-15)18(22)20-9-8-16-21-17(13(2)23-16)14-6-4-3-5-7-14;;/h3-7,12,15,19H,8-11H2,1-2H3,(H,20,22);2*1H. The van der Waals surface area contributed by atoms with E-state index >= 15 is 0 Å². The van der Waals surface area contributed by atoms with Crippen LogP contribution >= 0.6 is 36.2 Å². The second-order valence-corrected chi connectivity index (χ2v) is 7.41. The first-order valence-electron chi connectivity index (χ1n) is 8.15. The van der Waals surface area contributed by atoms with E-state index < -0.39 is 0 Å². The summed E-state index contributed by atoms with van der Waals surface area (Å²) in [6.07, 6.45) is 0.791. The largest absolute Gasteiger partial charge is 0.355 e. The highest BCUT2D eigenvalue weighted by Gasteiger charge is 2.28. The SMILES string of the molecule is Cc1sc(CCNC(=O)C(C)C2CNC2)nc1-c1ccccc1.Cl.Cl. The van der Waals surface area contributed by atoms with Gasteiger partial charge >= 0.3 is 0 Å². The van der Waals surface area contributed by atoms with Crippen molar-refractivity contribution in [2.75, 3.05) is 19.6 Å². The molecule has 138 valence electrons. The number of nitrogens with one attached hydrogen (secondary N) is 2. The molecule has 1 atom stereocenters. The summed E-state index contributed by atoms with van der Waals surface area (Å²) in [5, 5.41) is 7.35. The van der Waals surface area contributed by atoms with Gasteiger partial charge in [-0.05, 0) is 25.9 Å². The minimum atomic E-state index is 0. The molecule has 1 unspecified atom stereocenters. The van der Waals surface area contributed by atoms with Crippen molar-refractivity contribution in [3.63, 3.8) is 0 Å². The number of carbonyl (C=O) groups excluding carboxylic acids is 1. The summed E-state index contributed by atoms with van der Waals surface area (Å²) in [6, 6.07) is 10.2. The third-order valence-corrected chi connectivity index (χ3v) is 5.49. The van der Waals surface area contributed by atoms with Crippen LogP contribution in [-0.2, 0) is 11.2 Å². The predicted molar refractivity (Wildman–Crippen MR) is 109 cm³/mol. The average molecular weight is 402 g/mol. The van der Waals surface area contributed by atoms with Crippen LogP contribution in [0.1, 0.15) is 16.8 Å². The molecule has 0 radical (unpaired) electrons. The quantitative estimate of drug-likeness (QED) is 0.778. The molecule has 1 aromatic heterocycles. The minimum Gasteiger partial charge on any atom is -0.355 e. The highest BCUT2D eigenvalue weighted by Crippen LogP contribution is 2.27. The van der Waals surface area contributed by atoms with Gasteiger partial charge in [-0.1, -0.05) is 37.3 Å². The van der Waals surface area contributed by atoms with Gasteiger partial charge in [0, 0.05) is 29.3 Å². The van der Waals surface area contributed by atoms with Gasteiger partial charge in [-0.2, -0.15) is 0 Å². The van der Waals surface area contributed by atoms with Crippen LogP contribution in [0.4, 0.5) is 0 Å². The molecule has 1 aliphatic heterocycles. The van der Waals surface area contributed by atoms with Gasteiger partial charge in [0.15, 0.2) is 0 Å². The van der Waals surface area contributed by atoms with Crippen molar-refractivity contribution in [2.45, 2.75) is 20.3 Å². The van der Waals surface area contributed by atoms with Crippen LogP contribution in [0.5, 0.6) is 0 Å². The molecule has 1 saturated heterocycles. The Morgan fingerprint density at radius 2 is 2.00 bits per heavy atom. The second kappa shape index (κ2) is 10.1. The number of hydrogen-bond acceptors (Lipinski definition) is 4. The predicted octanol–water partition coefficient (Wildman–Crippen LogP) is 3.48. The van der Waals surface area contributed by atoms with Gasteiger partial charge in [0.05, 0.1) is 10.7 Å². The molecule has 2 N–H and O–H groups in total. The summed E-state index contributed by atoms with van der Waals surface area (Å²) in [4.78, 5) is 18.1. The van der Waals surface area contributed by atoms with Crippen LogP contribution in [0, 0.1) is 18.8 Å². The van der Waals surface area contributed by atoms with Crippen molar-refractivity contribution >= 4 is 42.1 Å². The third-order valence-electron chi connectivity index (χ3n) is 4.46. The lowest BCUT2D eigenvalue weighted by Gasteiger charge is -2.31. The van der Waals surface area contributed by atoms with Crippen LogP contribution in [0.3, 0.4) is 0 Å². The Morgan fingerprint density at radius 3 is 2.60 bits per heavy atom. The molecule has 0 bridgehead atoms. The molecule has 2 aromatic rings. The summed E-state index contributed by atoms with van der Waals surface area (Å²) >= 11 is 1.72. The maximum atomic E-state index is 12.1. The summed E-state index contributed by atoms with van der Waals surface area (Å²) in [5.74, 6) is 0.740. The normalized spacial score (nSPS) is 14.6. The van der Waals surface area contributed by atoms with Gasteiger partial charge in [-0.15, -0.1) is 36.2 Å². The van der Waals surface area contributed by atoms with Gasteiger partial charge in [0.25, 0.3) is 0 Å². The van der Waals surface area contributed by atoms with Crippen molar-refractivity contribution in [1.82, 2.24) is 15.6 Å². The van der Waals surface area contributed by atoms with Crippen LogP contribution in [0.25, 0.3) is 11.3 Å². The second-order valence-electron chi connectivity index (χ2n) is 6.13. The monoisotopic (exact) mass is 401 g/mol. The van der Waals surface area contributed by atoms with E-state index in [1.165, 1.54) is 4.88 Å². The molecule has 2 heterocycles. The summed E-state index contributed by atoms with van der Waals surface area (Å²) in [5.41, 5.74) is 2.22. The van der Waals surface area contributed by atoms with E-state index in [2.05, 4.69) is 29.7 Å². The maximum absolute atomic E-state index is 12.1. The fraction of sp³-hybridized carbons (Fsp3) is 0.444. The lowest BCUT2D eigenvalue weighted by molar-refractivity contribution is -0.126. The Hall–Kier alpha value is -1.14. The van der Waals surface area contributed by atoms with Crippen molar-refractivity contribution in [3.05, 3.63) is 40.2 Å². The Kier molecular flexibility index (Phi) is 8.86. The molecule has 7 heteroatoms. The van der Waals surface area contributed by atoms with E-state index in [1.54, 1.807) is 11.3 Å². The van der Waals surface area contributed by atoms with Crippen molar-refractivity contribution < 1.29 is 4.79 Å². The molecule has 4 nitrogen and oxygen atoms in total. The van der Waals surface area contributed by atoms with E-state index in [1.807, 2.05) is 25.1 Å². The first kappa shape index (κ1) is 21.9. The number of benzene rings is 1. The number of nitrogens with zero attached hydrogens (tertiary/aromatic N) is 1. The first-order chi connectivity index (χ1) is 11.1. The summed E-state index contributed by atoms with van der Waals surface area (Å²) < 4.78 is 0. The first-order valence-corrected chi connectivity index (χ1v) is 8.97. The topological polar surface area (TPSA) is 54.0 Å². The molecular weight excluding hydrogens is 377 g/mol. The highest BCUT2D eigenvalue weighted by atomic mass is 35.5. The Morgan fingerprint density at radius 1 is 1.32 bits per heavy atom. The van der Waals surface area contributed by atoms with E-state index in [9.17, 15) is 4.79 Å². The molecule has 0 saturated carbocycles. The van der Waals surface area contributed by atoms with E-state index in [0.717, 1.165) is 35.8 Å². The van der Waals surface area contributed by atoms with Crippen LogP contribution in [-0.4, -0.2) is 30.5 Å². The van der Waals surface area contributed by atoms with E-state index in [-0.39, 0.29) is 36.6 Å². The maximum Gasteiger partial charge on any atom is 0.223 e. The number of carbonyl (C=O) groups is 1. The van der Waals surface area contributed by atoms with Crippen molar-refractivity contribution in [1.29, 1.82) is 0 Å². The molecule has 1 aromatic carbocycles. The zero-order valence-corrected chi connectivity index (χ0v) is 16.9. The number of thiazole rings is 1. The molecular formula is C18H25Cl2N3OS. The molecule has 0 spiro atoms. The fourth-order valence-corrected chi connectivity index (χ4v) is 3.71. The molecule has 3 rings (SSSR count). The molecule has 25 heavy (non-hydrogen) atoms. The molecule has 1 fully saturated rings. The fourth-order valence-electron chi connectivity index (χ4n) is 2.75. The third kappa shape index (κ3) is 5.42. The molecule has 0 aliphatic carbocycles. The number of amides is 1. The minimum absolute atomic E-state index is 0. The number of rotatable bonds is 6. The lowest BCUT2D eigenvalue weighted by atomic mass is 9.88. The van der Waals surface area contributed by atoms with Gasteiger partial charge in [0.2, 0.25) is 5.91 Å². The number of hydrogen-bond donors (Lipinski definition) is 2. The van der Waals surface area contributed by atoms with E-state index in [0.29, 0.717) is 12.5 Å². The number of aromatic nitrogens is 1. The lowest BCUT2D eigenvalue weighted by Crippen LogP contribution is -2.49. The van der Waals surface area contributed by atoms with Gasteiger partial charge in [-0.25, -0.2) is 4.98 Å². The molecule has 1 aliphatic rings. The highest BCUT2D eigenvalue weighted by molar-refractivity contribution is 7.12. The van der Waals surface area contributed by atoms with Gasteiger partial charge in [-0.3, -0.25) is 4.79 Å². The summed E-state index contributed by atoms with van der Waals surface area (Å²) in [7, 11) is 0. The Labute approximate surface area is 165 Å². The van der Waals surface area contributed by atoms with E-state index in [4.69, 9.17) is 4.98 Å². The zero-order chi connectivity index (χ0) is 16.2. The average Bonchev–Trinajstić information content (AvgIpc) is 2.87. The van der Waals surface area contributed by atoms with Crippen LogP contribution < -0.4 is 10.6 Å².